The molecule has 8 rings (SSSR count). The van der Waals surface area contributed by atoms with Crippen LogP contribution in [0.1, 0.15) is 68.8 Å². The SMILES string of the molecule is Cc1nc(NC(C)C2CC2)nc(NC2CC3C(S(C)(=O)=O)C3(OCc3ccccc3)C2(C)O)c1-c1nc2c(C3CC3)nccc2s1. The lowest BCUT2D eigenvalue weighted by Crippen LogP contribution is -2.55. The predicted octanol–water partition coefficient (Wildman–Crippen LogP) is 5.48. The van der Waals surface area contributed by atoms with Crippen LogP contribution >= 0.6 is 11.3 Å². The molecule has 242 valence electrons. The van der Waals surface area contributed by atoms with Crippen molar-refractivity contribution in [2.24, 2.45) is 11.8 Å². The fourth-order valence-electron chi connectivity index (χ4n) is 7.76. The Hall–Kier alpha value is -3.19. The first-order valence-electron chi connectivity index (χ1n) is 16.2. The van der Waals surface area contributed by atoms with Crippen molar-refractivity contribution >= 4 is 43.2 Å². The van der Waals surface area contributed by atoms with Gasteiger partial charge in [-0.1, -0.05) is 30.3 Å². The molecule has 6 unspecified atom stereocenters. The highest BCUT2D eigenvalue weighted by molar-refractivity contribution is 7.91. The van der Waals surface area contributed by atoms with Gasteiger partial charge in [-0.05, 0) is 70.4 Å². The molecule has 4 aliphatic rings. The number of fused-ring (bicyclic) bond motifs is 2. The Kier molecular flexibility index (Phi) is 6.99. The van der Waals surface area contributed by atoms with E-state index in [0.717, 1.165) is 50.6 Å². The molecule has 3 aromatic heterocycles. The molecule has 0 amide bonds. The molecule has 0 saturated heterocycles. The molecule has 0 aliphatic heterocycles. The molecule has 0 spiro atoms. The summed E-state index contributed by atoms with van der Waals surface area (Å²) in [5, 5.41) is 19.4. The third-order valence-corrected chi connectivity index (χ3v) is 13.2. The van der Waals surface area contributed by atoms with E-state index in [4.69, 9.17) is 19.7 Å². The lowest BCUT2D eigenvalue weighted by atomic mass is 9.91. The Bertz CT molecular complexity index is 1920. The number of hydrogen-bond donors (Lipinski definition) is 3. The molecule has 4 saturated carbocycles. The Balaban J connectivity index is 1.17. The van der Waals surface area contributed by atoms with Crippen molar-refractivity contribution in [3.63, 3.8) is 0 Å². The molecule has 46 heavy (non-hydrogen) atoms. The molecule has 3 N–H and O–H groups in total. The summed E-state index contributed by atoms with van der Waals surface area (Å²) in [7, 11) is -3.48. The number of hydrogen-bond acceptors (Lipinski definition) is 11. The third-order valence-electron chi connectivity index (χ3n) is 10.6. The quantitative estimate of drug-likeness (QED) is 0.190. The molecule has 4 fully saturated rings. The Morgan fingerprint density at radius 2 is 1.87 bits per heavy atom. The van der Waals surface area contributed by atoms with E-state index in [1.807, 2.05) is 49.5 Å². The van der Waals surface area contributed by atoms with Crippen molar-refractivity contribution < 1.29 is 18.3 Å². The van der Waals surface area contributed by atoms with E-state index >= 15 is 0 Å². The first-order chi connectivity index (χ1) is 22.0. The Labute approximate surface area is 273 Å². The summed E-state index contributed by atoms with van der Waals surface area (Å²) in [6.45, 7) is 6.04. The number of aliphatic hydroxyl groups is 1. The fourth-order valence-corrected chi connectivity index (χ4v) is 10.8. The number of aromatic nitrogens is 4. The van der Waals surface area contributed by atoms with Gasteiger partial charge in [-0.25, -0.2) is 18.4 Å². The third kappa shape index (κ3) is 4.99. The van der Waals surface area contributed by atoms with Crippen molar-refractivity contribution in [1.82, 2.24) is 19.9 Å². The number of pyridine rings is 1. The molecule has 0 radical (unpaired) electrons. The highest BCUT2D eigenvalue weighted by Gasteiger charge is 2.84. The van der Waals surface area contributed by atoms with Crippen molar-refractivity contribution in [2.45, 2.75) is 93.9 Å². The topological polar surface area (TPSA) is 139 Å². The van der Waals surface area contributed by atoms with Crippen LogP contribution in [0.3, 0.4) is 0 Å². The van der Waals surface area contributed by atoms with Gasteiger partial charge in [0.05, 0.1) is 39.5 Å². The zero-order valence-electron chi connectivity index (χ0n) is 26.5. The average molecular weight is 661 g/mol. The molecule has 4 aromatic rings. The summed E-state index contributed by atoms with van der Waals surface area (Å²) in [6, 6.07) is 11.4. The van der Waals surface area contributed by atoms with E-state index in [2.05, 4.69) is 22.5 Å². The van der Waals surface area contributed by atoms with E-state index in [0.29, 0.717) is 30.0 Å². The lowest BCUT2D eigenvalue weighted by molar-refractivity contribution is -0.119. The van der Waals surface area contributed by atoms with E-state index in [1.54, 1.807) is 18.3 Å². The van der Waals surface area contributed by atoms with Gasteiger partial charge in [0, 0.05) is 30.3 Å². The van der Waals surface area contributed by atoms with Gasteiger partial charge in [-0.15, -0.1) is 11.3 Å². The zero-order valence-corrected chi connectivity index (χ0v) is 28.2. The average Bonchev–Trinajstić information content (AvgIpc) is 3.91. The van der Waals surface area contributed by atoms with Gasteiger partial charge in [-0.3, -0.25) is 4.98 Å². The van der Waals surface area contributed by atoms with Crippen LogP contribution in [0.4, 0.5) is 11.8 Å². The van der Waals surface area contributed by atoms with Gasteiger partial charge < -0.3 is 20.5 Å². The van der Waals surface area contributed by atoms with Crippen LogP contribution < -0.4 is 10.6 Å². The molecular weight excluding hydrogens is 621 g/mol. The van der Waals surface area contributed by atoms with Gasteiger partial charge in [0.15, 0.2) is 9.84 Å². The molecule has 0 bridgehead atoms. The predicted molar refractivity (Wildman–Crippen MR) is 180 cm³/mol. The van der Waals surface area contributed by atoms with Gasteiger partial charge in [0.25, 0.3) is 0 Å². The normalized spacial score (nSPS) is 29.5. The number of rotatable bonds is 11. The molecular formula is C34H40N6O4S2. The number of thiazole rings is 1. The van der Waals surface area contributed by atoms with Crippen LogP contribution in [-0.4, -0.2) is 68.3 Å². The van der Waals surface area contributed by atoms with Crippen LogP contribution in [0.5, 0.6) is 0 Å². The van der Waals surface area contributed by atoms with E-state index < -0.39 is 32.3 Å². The fraction of sp³-hybridized carbons (Fsp3) is 0.529. The summed E-state index contributed by atoms with van der Waals surface area (Å²) < 4.78 is 33.5. The van der Waals surface area contributed by atoms with Gasteiger partial charge in [0.1, 0.15) is 27.5 Å². The van der Waals surface area contributed by atoms with Gasteiger partial charge in [0.2, 0.25) is 5.95 Å². The number of nitrogens with one attached hydrogen (secondary N) is 2. The minimum Gasteiger partial charge on any atom is -0.385 e. The minimum absolute atomic E-state index is 0.209. The second kappa shape index (κ2) is 10.7. The highest BCUT2D eigenvalue weighted by Crippen LogP contribution is 2.66. The molecule has 12 heteroatoms. The first kappa shape index (κ1) is 30.2. The van der Waals surface area contributed by atoms with Crippen LogP contribution in [0.25, 0.3) is 20.8 Å². The smallest absolute Gasteiger partial charge is 0.225 e. The molecule has 4 aliphatic carbocycles. The summed E-state index contributed by atoms with van der Waals surface area (Å²) in [5.41, 5.74) is 1.70. The highest BCUT2D eigenvalue weighted by atomic mass is 32.2. The maximum atomic E-state index is 13.0. The maximum absolute atomic E-state index is 13.0. The van der Waals surface area contributed by atoms with E-state index in [-0.39, 0.29) is 18.6 Å². The number of nitrogens with zero attached hydrogens (tertiary/aromatic N) is 4. The number of aryl methyl sites for hydroxylation is 1. The van der Waals surface area contributed by atoms with E-state index in [1.165, 1.54) is 19.1 Å². The van der Waals surface area contributed by atoms with Crippen LogP contribution in [0.15, 0.2) is 42.6 Å². The Morgan fingerprint density at radius 3 is 2.57 bits per heavy atom. The summed E-state index contributed by atoms with van der Waals surface area (Å²) in [6.07, 6.45) is 8.17. The number of ether oxygens (including phenoxy) is 1. The molecule has 10 nitrogen and oxygen atoms in total. The summed E-state index contributed by atoms with van der Waals surface area (Å²) >= 11 is 1.59. The van der Waals surface area contributed by atoms with Crippen molar-refractivity contribution in [1.29, 1.82) is 0 Å². The van der Waals surface area contributed by atoms with Gasteiger partial charge in [-0.2, -0.15) is 4.98 Å². The number of anilines is 2. The van der Waals surface area contributed by atoms with Crippen LogP contribution in [0, 0.1) is 18.8 Å². The Morgan fingerprint density at radius 1 is 1.11 bits per heavy atom. The van der Waals surface area contributed by atoms with Crippen molar-refractivity contribution in [3.05, 3.63) is 59.5 Å². The van der Waals surface area contributed by atoms with Crippen molar-refractivity contribution in [2.75, 3.05) is 16.9 Å². The maximum Gasteiger partial charge on any atom is 0.225 e. The number of benzene rings is 1. The minimum atomic E-state index is -3.48. The van der Waals surface area contributed by atoms with Gasteiger partial charge >= 0.3 is 0 Å². The van der Waals surface area contributed by atoms with E-state index in [9.17, 15) is 13.5 Å². The van der Waals surface area contributed by atoms with Crippen LogP contribution in [-0.2, 0) is 21.2 Å². The molecule has 6 atom stereocenters. The molecule has 1 aromatic carbocycles. The monoisotopic (exact) mass is 660 g/mol. The second-order valence-corrected chi connectivity index (χ2v) is 17.2. The lowest BCUT2D eigenvalue weighted by Gasteiger charge is -2.37. The molecule has 3 heterocycles. The largest absolute Gasteiger partial charge is 0.385 e. The van der Waals surface area contributed by atoms with Crippen molar-refractivity contribution in [3.8, 4) is 10.6 Å². The zero-order chi connectivity index (χ0) is 32.0. The summed E-state index contributed by atoms with van der Waals surface area (Å²) in [4.78, 5) is 19.6. The first-order valence-corrected chi connectivity index (χ1v) is 19.0. The summed E-state index contributed by atoms with van der Waals surface area (Å²) in [5.74, 6) is 1.80. The van der Waals surface area contributed by atoms with Crippen LogP contribution in [0.2, 0.25) is 0 Å². The number of sulfone groups is 1. The second-order valence-electron chi connectivity index (χ2n) is 14.0. The standard InChI is InChI=1S/C34H40N6O4S2/c1-18(21-10-11-21)36-32-37-19(2)26(31-39-28-24(45-31)14-15-35-27(28)22-12-13-22)30(40-32)38-25-16-23-29(46(4,42)43)34(23,33(25,3)41)44-17-20-8-6-5-7-9-20/h5-9,14-15,18,21-23,25,29,41H,10-13,16-17H2,1-4H3,(H2,36,37,38,40).